The third kappa shape index (κ3) is 3.06. The number of carbonyl (C=O) groups excluding carboxylic acids is 1. The van der Waals surface area contributed by atoms with Crippen LogP contribution in [0.4, 0.5) is 5.69 Å². The van der Waals surface area contributed by atoms with Gasteiger partial charge in [0.25, 0.3) is 0 Å². The average Bonchev–Trinajstić information content (AvgIpc) is 2.73. The fourth-order valence-electron chi connectivity index (χ4n) is 1.84. The molecule has 0 saturated heterocycles. The quantitative estimate of drug-likeness (QED) is 0.791. The van der Waals surface area contributed by atoms with Crippen LogP contribution in [0.2, 0.25) is 0 Å². The summed E-state index contributed by atoms with van der Waals surface area (Å²) in [6.07, 6.45) is 7.38. The van der Waals surface area contributed by atoms with Crippen molar-refractivity contribution in [1.82, 2.24) is 0 Å². The van der Waals surface area contributed by atoms with Gasteiger partial charge in [0.15, 0.2) is 5.78 Å². The van der Waals surface area contributed by atoms with Gasteiger partial charge in [0.1, 0.15) is 0 Å². The molecule has 0 saturated carbocycles. The van der Waals surface area contributed by atoms with E-state index in [2.05, 4.69) is 35.2 Å². The van der Waals surface area contributed by atoms with Crippen LogP contribution in [0.5, 0.6) is 0 Å². The lowest BCUT2D eigenvalue weighted by Crippen LogP contribution is -2.07. The van der Waals surface area contributed by atoms with Gasteiger partial charge in [-0.3, -0.25) is 4.79 Å². The summed E-state index contributed by atoms with van der Waals surface area (Å²) in [6.45, 7) is 0. The van der Waals surface area contributed by atoms with Crippen molar-refractivity contribution in [2.24, 2.45) is 0 Å². The summed E-state index contributed by atoms with van der Waals surface area (Å²) >= 11 is 0. The van der Waals surface area contributed by atoms with Crippen LogP contribution in [0.1, 0.15) is 18.4 Å². The van der Waals surface area contributed by atoms with Gasteiger partial charge in [-0.25, -0.2) is 0 Å². The molecule has 88 valence electrons. The minimum Gasteiger partial charge on any atom is -0.378 e. The highest BCUT2D eigenvalue weighted by atomic mass is 16.1. The van der Waals surface area contributed by atoms with Gasteiger partial charge in [-0.05, 0) is 35.8 Å². The van der Waals surface area contributed by atoms with E-state index in [9.17, 15) is 4.79 Å². The first-order chi connectivity index (χ1) is 8.15. The number of allylic oxidation sites excluding steroid dienone is 3. The highest BCUT2D eigenvalue weighted by molar-refractivity contribution is 5.93. The number of nitrogens with zero attached hydrogens (tertiary/aromatic N) is 1. The number of hydrogen-bond acceptors (Lipinski definition) is 2. The summed E-state index contributed by atoms with van der Waals surface area (Å²) in [7, 11) is 4.06. The van der Waals surface area contributed by atoms with Crippen molar-refractivity contribution in [3.8, 4) is 0 Å². The Labute approximate surface area is 102 Å². The van der Waals surface area contributed by atoms with Gasteiger partial charge in [0.05, 0.1) is 0 Å². The lowest BCUT2D eigenvalue weighted by Gasteiger charge is -2.11. The molecular weight excluding hydrogens is 210 g/mol. The minimum atomic E-state index is 0.243. The van der Waals surface area contributed by atoms with E-state index in [-0.39, 0.29) is 5.78 Å². The first-order valence-electron chi connectivity index (χ1n) is 5.84. The Morgan fingerprint density at radius 1 is 1.06 bits per heavy atom. The topological polar surface area (TPSA) is 20.3 Å². The maximum absolute atomic E-state index is 11.1. The maximum atomic E-state index is 11.1. The molecule has 0 atom stereocenters. The molecular formula is C15H17NO. The molecule has 2 heteroatoms. The van der Waals surface area contributed by atoms with Crippen molar-refractivity contribution in [1.29, 1.82) is 0 Å². The van der Waals surface area contributed by atoms with E-state index < -0.39 is 0 Å². The SMILES string of the molecule is CN(C)c1ccc(C=CC2=CC(=O)CC2)cc1. The van der Waals surface area contributed by atoms with Crippen LogP contribution in [-0.4, -0.2) is 19.9 Å². The van der Waals surface area contributed by atoms with E-state index in [1.807, 2.05) is 20.2 Å². The van der Waals surface area contributed by atoms with Crippen molar-refractivity contribution in [2.45, 2.75) is 12.8 Å². The highest BCUT2D eigenvalue weighted by Crippen LogP contribution is 2.18. The Kier molecular flexibility index (Phi) is 3.43. The molecule has 0 amide bonds. The number of carbonyl (C=O) groups is 1. The number of anilines is 1. The zero-order valence-electron chi connectivity index (χ0n) is 10.3. The van der Waals surface area contributed by atoms with Gasteiger partial charge >= 0.3 is 0 Å². The van der Waals surface area contributed by atoms with Crippen molar-refractivity contribution < 1.29 is 4.79 Å². The predicted octanol–water partition coefficient (Wildman–Crippen LogP) is 3.06. The Morgan fingerprint density at radius 3 is 2.29 bits per heavy atom. The Balaban J connectivity index is 2.06. The van der Waals surface area contributed by atoms with Gasteiger partial charge in [-0.2, -0.15) is 0 Å². The third-order valence-corrected chi connectivity index (χ3v) is 2.91. The highest BCUT2D eigenvalue weighted by Gasteiger charge is 2.08. The fourth-order valence-corrected chi connectivity index (χ4v) is 1.84. The molecule has 1 aromatic carbocycles. The molecule has 1 aliphatic rings. The summed E-state index contributed by atoms with van der Waals surface area (Å²) < 4.78 is 0. The maximum Gasteiger partial charge on any atom is 0.156 e. The molecule has 0 radical (unpaired) electrons. The van der Waals surface area contributed by atoms with Crippen LogP contribution >= 0.6 is 0 Å². The van der Waals surface area contributed by atoms with Crippen molar-refractivity contribution in [3.63, 3.8) is 0 Å². The van der Waals surface area contributed by atoms with E-state index in [0.717, 1.165) is 17.6 Å². The molecule has 0 bridgehead atoms. The second-order valence-electron chi connectivity index (χ2n) is 4.50. The third-order valence-electron chi connectivity index (χ3n) is 2.91. The molecule has 0 fully saturated rings. The van der Waals surface area contributed by atoms with Crippen LogP contribution in [0, 0.1) is 0 Å². The van der Waals surface area contributed by atoms with Gasteiger partial charge < -0.3 is 4.90 Å². The molecule has 0 N–H and O–H groups in total. The van der Waals surface area contributed by atoms with E-state index in [1.165, 1.54) is 5.69 Å². The molecule has 0 aliphatic heterocycles. The molecule has 0 spiro atoms. The summed E-state index contributed by atoms with van der Waals surface area (Å²) in [6, 6.07) is 8.36. The van der Waals surface area contributed by atoms with Gasteiger partial charge in [0.2, 0.25) is 0 Å². The van der Waals surface area contributed by atoms with E-state index in [4.69, 9.17) is 0 Å². The molecule has 17 heavy (non-hydrogen) atoms. The molecule has 0 unspecified atom stereocenters. The molecule has 0 aromatic heterocycles. The van der Waals surface area contributed by atoms with Crippen molar-refractivity contribution in [2.75, 3.05) is 19.0 Å². The van der Waals surface area contributed by atoms with E-state index in [0.29, 0.717) is 6.42 Å². The smallest absolute Gasteiger partial charge is 0.156 e. The zero-order chi connectivity index (χ0) is 12.3. The Bertz CT molecular complexity index is 466. The van der Waals surface area contributed by atoms with Gasteiger partial charge in [-0.15, -0.1) is 0 Å². The lowest BCUT2D eigenvalue weighted by atomic mass is 10.1. The normalized spacial score (nSPS) is 15.4. The molecule has 1 aliphatic carbocycles. The summed E-state index contributed by atoms with van der Waals surface area (Å²) in [5.41, 5.74) is 3.49. The predicted molar refractivity (Wildman–Crippen MR) is 72.1 cm³/mol. The lowest BCUT2D eigenvalue weighted by molar-refractivity contribution is -0.114. The standard InChI is InChI=1S/C15H17NO/c1-16(2)14-8-5-12(6-9-14)3-4-13-7-10-15(17)11-13/h3-6,8-9,11H,7,10H2,1-2H3. The number of rotatable bonds is 3. The number of benzene rings is 1. The van der Waals surface area contributed by atoms with Crippen molar-refractivity contribution >= 4 is 17.5 Å². The molecule has 2 rings (SSSR count). The minimum absolute atomic E-state index is 0.243. The largest absolute Gasteiger partial charge is 0.378 e. The van der Waals surface area contributed by atoms with Gasteiger partial charge in [-0.1, -0.05) is 24.3 Å². The monoisotopic (exact) mass is 227 g/mol. The Morgan fingerprint density at radius 2 is 1.76 bits per heavy atom. The van der Waals surface area contributed by atoms with Crippen LogP contribution in [-0.2, 0) is 4.79 Å². The first-order valence-corrected chi connectivity index (χ1v) is 5.84. The average molecular weight is 227 g/mol. The second kappa shape index (κ2) is 5.00. The van der Waals surface area contributed by atoms with Crippen LogP contribution < -0.4 is 4.90 Å². The first kappa shape index (κ1) is 11.6. The van der Waals surface area contributed by atoms with Crippen LogP contribution in [0.3, 0.4) is 0 Å². The van der Waals surface area contributed by atoms with Crippen LogP contribution in [0.25, 0.3) is 6.08 Å². The Hall–Kier alpha value is -1.83. The molecule has 0 heterocycles. The molecule has 2 nitrogen and oxygen atoms in total. The van der Waals surface area contributed by atoms with E-state index in [1.54, 1.807) is 6.08 Å². The van der Waals surface area contributed by atoms with Crippen LogP contribution in [0.15, 0.2) is 42.0 Å². The van der Waals surface area contributed by atoms with E-state index >= 15 is 0 Å². The fraction of sp³-hybridized carbons (Fsp3) is 0.267. The zero-order valence-corrected chi connectivity index (χ0v) is 10.3. The van der Waals surface area contributed by atoms with Gasteiger partial charge in [0, 0.05) is 26.2 Å². The number of ketones is 1. The number of hydrogen-bond donors (Lipinski definition) is 0. The molecule has 1 aromatic rings. The summed E-state index contributed by atoms with van der Waals surface area (Å²) in [4.78, 5) is 13.1. The summed E-state index contributed by atoms with van der Waals surface area (Å²) in [5, 5.41) is 0. The summed E-state index contributed by atoms with van der Waals surface area (Å²) in [5.74, 6) is 0.243. The second-order valence-corrected chi connectivity index (χ2v) is 4.50. The van der Waals surface area contributed by atoms with Crippen molar-refractivity contribution in [3.05, 3.63) is 47.6 Å².